The van der Waals surface area contributed by atoms with Gasteiger partial charge in [0.25, 0.3) is 0 Å². The van der Waals surface area contributed by atoms with Crippen molar-refractivity contribution in [3.63, 3.8) is 0 Å². The quantitative estimate of drug-likeness (QED) is 0.884. The van der Waals surface area contributed by atoms with Crippen LogP contribution in [0.15, 0.2) is 18.2 Å². The average Bonchev–Trinajstić information content (AvgIpc) is 2.42. The second-order valence-corrected chi connectivity index (χ2v) is 5.79. The molecule has 19 heavy (non-hydrogen) atoms. The van der Waals surface area contributed by atoms with E-state index in [1.54, 1.807) is 14.2 Å². The van der Waals surface area contributed by atoms with Crippen LogP contribution in [0.25, 0.3) is 0 Å². The fourth-order valence-corrected chi connectivity index (χ4v) is 3.39. The molecule has 2 rings (SSSR count). The highest BCUT2D eigenvalue weighted by Crippen LogP contribution is 2.56. The Morgan fingerprint density at radius 2 is 1.63 bits per heavy atom. The molecule has 0 saturated heterocycles. The highest BCUT2D eigenvalue weighted by molar-refractivity contribution is 5.46. The maximum absolute atomic E-state index is 6.57. The van der Waals surface area contributed by atoms with Crippen molar-refractivity contribution in [2.24, 2.45) is 11.1 Å². The standard InChI is InChI=1S/C16H25NO2/c1-5-15(6-2)10-16(17,11-15)12-7-8-13(18-3)14(9-12)19-4/h7-9H,5-6,10-11,17H2,1-4H3. The zero-order valence-corrected chi connectivity index (χ0v) is 12.5. The van der Waals surface area contributed by atoms with E-state index in [0.29, 0.717) is 5.41 Å². The average molecular weight is 263 g/mol. The van der Waals surface area contributed by atoms with Crippen LogP contribution < -0.4 is 15.2 Å². The molecule has 0 unspecified atom stereocenters. The number of hydrogen-bond donors (Lipinski definition) is 1. The lowest BCUT2D eigenvalue weighted by molar-refractivity contribution is 0.0165. The molecule has 0 amide bonds. The molecule has 1 aliphatic carbocycles. The molecule has 3 heteroatoms. The molecular formula is C16H25NO2. The Bertz CT molecular complexity index is 444. The van der Waals surface area contributed by atoms with Crippen molar-refractivity contribution < 1.29 is 9.47 Å². The maximum atomic E-state index is 6.57. The van der Waals surface area contributed by atoms with Gasteiger partial charge in [0.05, 0.1) is 14.2 Å². The minimum absolute atomic E-state index is 0.203. The van der Waals surface area contributed by atoms with Crippen LogP contribution in [-0.2, 0) is 5.54 Å². The summed E-state index contributed by atoms with van der Waals surface area (Å²) in [5, 5.41) is 0. The van der Waals surface area contributed by atoms with Crippen molar-refractivity contribution >= 4 is 0 Å². The predicted molar refractivity (Wildman–Crippen MR) is 77.7 cm³/mol. The molecule has 0 aromatic heterocycles. The number of methoxy groups -OCH3 is 2. The number of nitrogens with two attached hydrogens (primary N) is 1. The molecule has 2 N–H and O–H groups in total. The van der Waals surface area contributed by atoms with E-state index in [9.17, 15) is 0 Å². The van der Waals surface area contributed by atoms with Gasteiger partial charge < -0.3 is 15.2 Å². The van der Waals surface area contributed by atoms with Gasteiger partial charge in [0.2, 0.25) is 0 Å². The second kappa shape index (κ2) is 5.04. The van der Waals surface area contributed by atoms with Gasteiger partial charge in [-0.25, -0.2) is 0 Å². The topological polar surface area (TPSA) is 44.5 Å². The Balaban J connectivity index is 2.24. The molecule has 3 nitrogen and oxygen atoms in total. The number of hydrogen-bond acceptors (Lipinski definition) is 3. The van der Waals surface area contributed by atoms with E-state index in [1.165, 1.54) is 12.8 Å². The van der Waals surface area contributed by atoms with Gasteiger partial charge in [-0.1, -0.05) is 32.8 Å². The van der Waals surface area contributed by atoms with Gasteiger partial charge in [0, 0.05) is 5.54 Å². The Morgan fingerprint density at radius 1 is 1.05 bits per heavy atom. The van der Waals surface area contributed by atoms with Crippen LogP contribution in [0.2, 0.25) is 0 Å². The summed E-state index contributed by atoms with van der Waals surface area (Å²) in [7, 11) is 3.31. The molecule has 0 bridgehead atoms. The Hall–Kier alpha value is -1.22. The molecule has 0 aliphatic heterocycles. The third-order valence-electron chi connectivity index (χ3n) is 4.84. The first-order valence-corrected chi connectivity index (χ1v) is 7.04. The lowest BCUT2D eigenvalue weighted by Crippen LogP contribution is -2.55. The lowest BCUT2D eigenvalue weighted by atomic mass is 9.53. The summed E-state index contributed by atoms with van der Waals surface area (Å²) in [6.07, 6.45) is 4.52. The first kappa shape index (κ1) is 14.2. The Kier molecular flexibility index (Phi) is 3.77. The van der Waals surface area contributed by atoms with E-state index >= 15 is 0 Å². The fraction of sp³-hybridized carbons (Fsp3) is 0.625. The van der Waals surface area contributed by atoms with E-state index in [4.69, 9.17) is 15.2 Å². The molecule has 1 aliphatic rings. The van der Waals surface area contributed by atoms with Crippen LogP contribution in [-0.4, -0.2) is 14.2 Å². The minimum Gasteiger partial charge on any atom is -0.493 e. The zero-order valence-electron chi connectivity index (χ0n) is 12.5. The summed E-state index contributed by atoms with van der Waals surface area (Å²) in [6.45, 7) is 4.52. The maximum Gasteiger partial charge on any atom is 0.161 e. The monoisotopic (exact) mass is 263 g/mol. The van der Waals surface area contributed by atoms with E-state index in [2.05, 4.69) is 19.9 Å². The summed E-state index contributed by atoms with van der Waals surface area (Å²) < 4.78 is 10.6. The van der Waals surface area contributed by atoms with Gasteiger partial charge in [-0.3, -0.25) is 0 Å². The molecule has 0 heterocycles. The third kappa shape index (κ3) is 2.32. The zero-order chi connectivity index (χ0) is 14.1. The van der Waals surface area contributed by atoms with Crippen LogP contribution in [0.4, 0.5) is 0 Å². The van der Waals surface area contributed by atoms with Crippen molar-refractivity contribution in [1.29, 1.82) is 0 Å². The molecule has 106 valence electrons. The van der Waals surface area contributed by atoms with Gasteiger partial charge in [0.1, 0.15) is 0 Å². The molecule has 1 fully saturated rings. The van der Waals surface area contributed by atoms with E-state index in [1.807, 2.05) is 12.1 Å². The first-order chi connectivity index (χ1) is 9.02. The molecule has 0 radical (unpaired) electrons. The van der Waals surface area contributed by atoms with E-state index < -0.39 is 0 Å². The van der Waals surface area contributed by atoms with Crippen LogP contribution in [0, 0.1) is 5.41 Å². The summed E-state index contributed by atoms with van der Waals surface area (Å²) in [5.74, 6) is 1.52. The largest absolute Gasteiger partial charge is 0.493 e. The summed E-state index contributed by atoms with van der Waals surface area (Å²) in [4.78, 5) is 0. The normalized spacial score (nSPS) is 19.6. The van der Waals surface area contributed by atoms with Gasteiger partial charge in [0.15, 0.2) is 11.5 Å². The van der Waals surface area contributed by atoms with Crippen LogP contribution in [0.5, 0.6) is 11.5 Å². The van der Waals surface area contributed by atoms with Gasteiger partial charge in [-0.15, -0.1) is 0 Å². The van der Waals surface area contributed by atoms with Gasteiger partial charge in [-0.05, 0) is 36.0 Å². The molecule has 1 aromatic rings. The highest BCUT2D eigenvalue weighted by atomic mass is 16.5. The Morgan fingerprint density at radius 3 is 2.11 bits per heavy atom. The van der Waals surface area contributed by atoms with Crippen molar-refractivity contribution in [3.05, 3.63) is 23.8 Å². The minimum atomic E-state index is -0.203. The summed E-state index contributed by atoms with van der Waals surface area (Å²) in [5.41, 5.74) is 7.95. The molecule has 0 spiro atoms. The molecule has 1 saturated carbocycles. The molecule has 1 aromatic carbocycles. The first-order valence-electron chi connectivity index (χ1n) is 7.04. The van der Waals surface area contributed by atoms with E-state index in [0.717, 1.165) is 29.9 Å². The molecule has 0 atom stereocenters. The molecular weight excluding hydrogens is 238 g/mol. The van der Waals surface area contributed by atoms with Gasteiger partial charge >= 0.3 is 0 Å². The van der Waals surface area contributed by atoms with Crippen molar-refractivity contribution in [1.82, 2.24) is 0 Å². The van der Waals surface area contributed by atoms with Crippen LogP contribution >= 0.6 is 0 Å². The SMILES string of the molecule is CCC1(CC)CC(N)(c2ccc(OC)c(OC)c2)C1. The summed E-state index contributed by atoms with van der Waals surface area (Å²) in [6, 6.07) is 6.03. The van der Waals surface area contributed by atoms with Crippen molar-refractivity contribution in [3.8, 4) is 11.5 Å². The number of rotatable bonds is 5. The van der Waals surface area contributed by atoms with Gasteiger partial charge in [-0.2, -0.15) is 0 Å². The third-order valence-corrected chi connectivity index (χ3v) is 4.84. The van der Waals surface area contributed by atoms with Crippen molar-refractivity contribution in [2.75, 3.05) is 14.2 Å². The fourth-order valence-electron chi connectivity index (χ4n) is 3.39. The van der Waals surface area contributed by atoms with Crippen molar-refractivity contribution in [2.45, 2.75) is 45.1 Å². The smallest absolute Gasteiger partial charge is 0.161 e. The predicted octanol–water partition coefficient (Wildman–Crippen LogP) is 3.46. The van der Waals surface area contributed by atoms with E-state index in [-0.39, 0.29) is 5.54 Å². The number of benzene rings is 1. The summed E-state index contributed by atoms with van der Waals surface area (Å²) >= 11 is 0. The second-order valence-electron chi connectivity index (χ2n) is 5.79. The highest BCUT2D eigenvalue weighted by Gasteiger charge is 2.51. The number of ether oxygens (including phenoxy) is 2. The van der Waals surface area contributed by atoms with Crippen LogP contribution in [0.3, 0.4) is 0 Å². The van der Waals surface area contributed by atoms with Crippen LogP contribution in [0.1, 0.15) is 45.1 Å². The Labute approximate surface area is 116 Å². The lowest BCUT2D eigenvalue weighted by Gasteiger charge is -2.54.